The minimum absolute atomic E-state index is 0.625. The highest BCUT2D eigenvalue weighted by Gasteiger charge is 2.14. The van der Waals surface area contributed by atoms with Gasteiger partial charge in [-0.1, -0.05) is 27.2 Å². The van der Waals surface area contributed by atoms with E-state index >= 15 is 0 Å². The summed E-state index contributed by atoms with van der Waals surface area (Å²) in [5.74, 6) is 0.625. The van der Waals surface area contributed by atoms with E-state index in [9.17, 15) is 0 Å². The summed E-state index contributed by atoms with van der Waals surface area (Å²) in [6, 6.07) is 0.626. The Morgan fingerprint density at radius 1 is 1.23 bits per heavy atom. The normalized spacial score (nSPS) is 15.7. The highest BCUT2D eigenvalue weighted by atomic mass is 16.5. The Kier molecular flexibility index (Phi) is 8.46. The SMILES string of the molecule is CCCC(NCC)C(C)COCC. The van der Waals surface area contributed by atoms with E-state index in [0.29, 0.717) is 12.0 Å². The largest absolute Gasteiger partial charge is 0.381 e. The first-order valence-electron chi connectivity index (χ1n) is 5.57. The van der Waals surface area contributed by atoms with Crippen LogP contribution in [-0.4, -0.2) is 25.8 Å². The van der Waals surface area contributed by atoms with Crippen LogP contribution >= 0.6 is 0 Å². The van der Waals surface area contributed by atoms with Crippen LogP contribution in [0, 0.1) is 5.92 Å². The molecule has 0 bridgehead atoms. The Hall–Kier alpha value is -0.0800. The quantitative estimate of drug-likeness (QED) is 0.630. The molecule has 0 aromatic rings. The molecule has 0 aliphatic rings. The van der Waals surface area contributed by atoms with Crippen LogP contribution in [-0.2, 0) is 4.74 Å². The number of hydrogen-bond acceptors (Lipinski definition) is 2. The predicted octanol–water partition coefficient (Wildman–Crippen LogP) is 2.44. The zero-order valence-electron chi connectivity index (χ0n) is 9.60. The molecular formula is C11H25NO. The van der Waals surface area contributed by atoms with Gasteiger partial charge in [0.05, 0.1) is 6.61 Å². The van der Waals surface area contributed by atoms with Gasteiger partial charge in [-0.05, 0) is 25.8 Å². The van der Waals surface area contributed by atoms with Gasteiger partial charge >= 0.3 is 0 Å². The van der Waals surface area contributed by atoms with Crippen molar-refractivity contribution in [2.24, 2.45) is 5.92 Å². The van der Waals surface area contributed by atoms with Crippen molar-refractivity contribution in [1.82, 2.24) is 5.32 Å². The topological polar surface area (TPSA) is 21.3 Å². The number of hydrogen-bond donors (Lipinski definition) is 1. The van der Waals surface area contributed by atoms with Gasteiger partial charge in [-0.3, -0.25) is 0 Å². The van der Waals surface area contributed by atoms with Gasteiger partial charge in [-0.25, -0.2) is 0 Å². The molecule has 1 N–H and O–H groups in total. The van der Waals surface area contributed by atoms with Crippen LogP contribution in [0.25, 0.3) is 0 Å². The Bertz CT molecular complexity index is 100. The molecule has 0 fully saturated rings. The van der Waals surface area contributed by atoms with E-state index < -0.39 is 0 Å². The average Bonchev–Trinajstić information content (AvgIpc) is 2.14. The van der Waals surface area contributed by atoms with Gasteiger partial charge in [0.1, 0.15) is 0 Å². The molecule has 0 aromatic heterocycles. The third kappa shape index (κ3) is 6.05. The van der Waals surface area contributed by atoms with Gasteiger partial charge in [0.25, 0.3) is 0 Å². The summed E-state index contributed by atoms with van der Waals surface area (Å²) in [5.41, 5.74) is 0. The summed E-state index contributed by atoms with van der Waals surface area (Å²) in [6.45, 7) is 11.5. The maximum atomic E-state index is 5.43. The van der Waals surface area contributed by atoms with Gasteiger partial charge in [0, 0.05) is 12.6 Å². The molecule has 0 aliphatic heterocycles. The molecule has 0 aliphatic carbocycles. The summed E-state index contributed by atoms with van der Waals surface area (Å²) in [7, 11) is 0. The van der Waals surface area contributed by atoms with Gasteiger partial charge < -0.3 is 10.1 Å². The molecule has 0 rings (SSSR count). The van der Waals surface area contributed by atoms with Crippen molar-refractivity contribution in [1.29, 1.82) is 0 Å². The first kappa shape index (κ1) is 12.9. The zero-order chi connectivity index (χ0) is 10.1. The Morgan fingerprint density at radius 2 is 1.92 bits per heavy atom. The minimum atomic E-state index is 0.625. The highest BCUT2D eigenvalue weighted by molar-refractivity contribution is 4.71. The highest BCUT2D eigenvalue weighted by Crippen LogP contribution is 2.09. The van der Waals surface area contributed by atoms with Gasteiger partial charge in [0.15, 0.2) is 0 Å². The molecule has 0 spiro atoms. The van der Waals surface area contributed by atoms with E-state index in [1.807, 2.05) is 0 Å². The maximum Gasteiger partial charge on any atom is 0.0506 e. The van der Waals surface area contributed by atoms with Crippen LogP contribution in [0.3, 0.4) is 0 Å². The molecule has 80 valence electrons. The first-order chi connectivity index (χ1) is 6.26. The van der Waals surface area contributed by atoms with Crippen LogP contribution in [0.4, 0.5) is 0 Å². The molecule has 2 heteroatoms. The molecule has 0 saturated carbocycles. The predicted molar refractivity (Wildman–Crippen MR) is 58.0 cm³/mol. The monoisotopic (exact) mass is 187 g/mol. The van der Waals surface area contributed by atoms with Crippen LogP contribution in [0.15, 0.2) is 0 Å². The minimum Gasteiger partial charge on any atom is -0.381 e. The number of nitrogens with one attached hydrogen (secondary N) is 1. The van der Waals surface area contributed by atoms with Crippen molar-refractivity contribution < 1.29 is 4.74 Å². The lowest BCUT2D eigenvalue weighted by Gasteiger charge is -2.24. The van der Waals surface area contributed by atoms with Crippen molar-refractivity contribution in [2.45, 2.75) is 46.6 Å². The van der Waals surface area contributed by atoms with E-state index in [0.717, 1.165) is 19.8 Å². The molecule has 2 unspecified atom stereocenters. The van der Waals surface area contributed by atoms with Crippen molar-refractivity contribution in [3.63, 3.8) is 0 Å². The Morgan fingerprint density at radius 3 is 2.38 bits per heavy atom. The molecule has 0 aromatic carbocycles. The van der Waals surface area contributed by atoms with Crippen molar-refractivity contribution in [3.8, 4) is 0 Å². The maximum absolute atomic E-state index is 5.43. The van der Waals surface area contributed by atoms with Crippen LogP contribution in [0.2, 0.25) is 0 Å². The second-order valence-electron chi connectivity index (χ2n) is 3.59. The molecule has 0 amide bonds. The fourth-order valence-corrected chi connectivity index (χ4v) is 1.58. The van der Waals surface area contributed by atoms with Crippen molar-refractivity contribution in [3.05, 3.63) is 0 Å². The fourth-order valence-electron chi connectivity index (χ4n) is 1.58. The molecule has 0 radical (unpaired) electrons. The molecular weight excluding hydrogens is 162 g/mol. The van der Waals surface area contributed by atoms with Crippen LogP contribution in [0.1, 0.15) is 40.5 Å². The zero-order valence-corrected chi connectivity index (χ0v) is 9.60. The third-order valence-electron chi connectivity index (χ3n) is 2.34. The smallest absolute Gasteiger partial charge is 0.0506 e. The molecule has 0 heterocycles. The van der Waals surface area contributed by atoms with E-state index in [-0.39, 0.29) is 0 Å². The molecule has 2 atom stereocenters. The van der Waals surface area contributed by atoms with Gasteiger partial charge in [0.2, 0.25) is 0 Å². The molecule has 13 heavy (non-hydrogen) atoms. The van der Waals surface area contributed by atoms with E-state index in [1.54, 1.807) is 0 Å². The third-order valence-corrected chi connectivity index (χ3v) is 2.34. The van der Waals surface area contributed by atoms with E-state index in [4.69, 9.17) is 4.74 Å². The van der Waals surface area contributed by atoms with Crippen LogP contribution in [0.5, 0.6) is 0 Å². The Balaban J connectivity index is 3.72. The number of rotatable bonds is 8. The standard InChI is InChI=1S/C11H25NO/c1-5-8-11(12-6-2)10(4)9-13-7-3/h10-12H,5-9H2,1-4H3. The second-order valence-corrected chi connectivity index (χ2v) is 3.59. The summed E-state index contributed by atoms with van der Waals surface area (Å²) in [5, 5.41) is 3.51. The fraction of sp³-hybridized carbons (Fsp3) is 1.00. The summed E-state index contributed by atoms with van der Waals surface area (Å²) >= 11 is 0. The lowest BCUT2D eigenvalue weighted by Crippen LogP contribution is -2.36. The molecule has 0 saturated heterocycles. The van der Waals surface area contributed by atoms with Crippen molar-refractivity contribution >= 4 is 0 Å². The second kappa shape index (κ2) is 8.52. The van der Waals surface area contributed by atoms with Gasteiger partial charge in [-0.15, -0.1) is 0 Å². The van der Waals surface area contributed by atoms with E-state index in [1.165, 1.54) is 12.8 Å². The number of ether oxygens (including phenoxy) is 1. The average molecular weight is 187 g/mol. The van der Waals surface area contributed by atoms with Gasteiger partial charge in [-0.2, -0.15) is 0 Å². The van der Waals surface area contributed by atoms with Crippen LogP contribution < -0.4 is 5.32 Å². The first-order valence-corrected chi connectivity index (χ1v) is 5.57. The molecule has 2 nitrogen and oxygen atoms in total. The summed E-state index contributed by atoms with van der Waals surface area (Å²) in [4.78, 5) is 0. The summed E-state index contributed by atoms with van der Waals surface area (Å²) in [6.07, 6.45) is 2.50. The lowest BCUT2D eigenvalue weighted by atomic mass is 9.98. The van der Waals surface area contributed by atoms with Crippen molar-refractivity contribution in [2.75, 3.05) is 19.8 Å². The Labute approximate surface area is 83.1 Å². The van der Waals surface area contributed by atoms with E-state index in [2.05, 4.69) is 33.0 Å². The lowest BCUT2D eigenvalue weighted by molar-refractivity contribution is 0.0995. The summed E-state index contributed by atoms with van der Waals surface area (Å²) < 4.78 is 5.43.